The zero-order valence-electron chi connectivity index (χ0n) is 11.4. The van der Waals surface area contributed by atoms with Gasteiger partial charge >= 0.3 is 0 Å². The summed E-state index contributed by atoms with van der Waals surface area (Å²) in [6, 6.07) is 15.1. The van der Waals surface area contributed by atoms with Crippen molar-refractivity contribution >= 4 is 11.4 Å². The summed E-state index contributed by atoms with van der Waals surface area (Å²) in [4.78, 5) is 2.46. The maximum absolute atomic E-state index is 6.00. The summed E-state index contributed by atoms with van der Waals surface area (Å²) in [5.41, 5.74) is 12.2. The van der Waals surface area contributed by atoms with Crippen molar-refractivity contribution in [3.63, 3.8) is 0 Å². The molecular weight excluding hydrogens is 232 g/mol. The molecule has 0 bridgehead atoms. The van der Waals surface area contributed by atoms with Crippen LogP contribution in [0.1, 0.15) is 23.1 Å². The summed E-state index contributed by atoms with van der Waals surface area (Å²) in [6.07, 6.45) is 2.43. The number of anilines is 2. The highest BCUT2D eigenvalue weighted by atomic mass is 15.1. The van der Waals surface area contributed by atoms with Gasteiger partial charge in [-0.25, -0.2) is 0 Å². The highest BCUT2D eigenvalue weighted by molar-refractivity contribution is 5.56. The first-order chi connectivity index (χ1) is 9.24. The van der Waals surface area contributed by atoms with Crippen molar-refractivity contribution in [2.45, 2.75) is 26.3 Å². The van der Waals surface area contributed by atoms with Crippen molar-refractivity contribution in [2.24, 2.45) is 0 Å². The van der Waals surface area contributed by atoms with Crippen molar-refractivity contribution in [1.82, 2.24) is 0 Å². The Morgan fingerprint density at radius 3 is 2.84 bits per heavy atom. The van der Waals surface area contributed by atoms with Crippen LogP contribution in [-0.2, 0) is 13.0 Å². The highest BCUT2D eigenvalue weighted by Gasteiger charge is 2.16. The smallest absolute Gasteiger partial charge is 0.0430 e. The van der Waals surface area contributed by atoms with E-state index < -0.39 is 0 Å². The molecule has 2 heteroatoms. The number of aryl methyl sites for hydroxylation is 2. The Morgan fingerprint density at radius 1 is 1.16 bits per heavy atom. The van der Waals surface area contributed by atoms with E-state index in [1.54, 1.807) is 0 Å². The molecule has 3 rings (SSSR count). The maximum Gasteiger partial charge on any atom is 0.0430 e. The summed E-state index contributed by atoms with van der Waals surface area (Å²) in [5.74, 6) is 0. The van der Waals surface area contributed by atoms with Gasteiger partial charge in [-0.2, -0.15) is 0 Å². The summed E-state index contributed by atoms with van der Waals surface area (Å²) in [6.45, 7) is 4.13. The van der Waals surface area contributed by atoms with E-state index >= 15 is 0 Å². The van der Waals surface area contributed by atoms with Crippen LogP contribution >= 0.6 is 0 Å². The fraction of sp³-hybridized carbons (Fsp3) is 0.294. The third-order valence-corrected chi connectivity index (χ3v) is 3.92. The number of rotatable bonds is 2. The van der Waals surface area contributed by atoms with Gasteiger partial charge in [0.1, 0.15) is 0 Å². The number of hydrogen-bond donors (Lipinski definition) is 1. The van der Waals surface area contributed by atoms with Crippen LogP contribution < -0.4 is 10.6 Å². The van der Waals surface area contributed by atoms with Gasteiger partial charge in [0.05, 0.1) is 0 Å². The van der Waals surface area contributed by atoms with Gasteiger partial charge < -0.3 is 10.6 Å². The van der Waals surface area contributed by atoms with Crippen molar-refractivity contribution in [3.8, 4) is 0 Å². The van der Waals surface area contributed by atoms with E-state index in [-0.39, 0.29) is 0 Å². The summed E-state index contributed by atoms with van der Waals surface area (Å²) in [7, 11) is 0. The SMILES string of the molecule is Cc1ccc(CN2CCCc3ccccc32)cc1N. The molecule has 98 valence electrons. The zero-order chi connectivity index (χ0) is 13.2. The summed E-state index contributed by atoms with van der Waals surface area (Å²) in [5, 5.41) is 0. The lowest BCUT2D eigenvalue weighted by Crippen LogP contribution is -2.28. The molecule has 0 atom stereocenters. The van der Waals surface area contributed by atoms with Crippen molar-refractivity contribution in [3.05, 3.63) is 59.2 Å². The molecule has 0 saturated carbocycles. The Balaban J connectivity index is 1.86. The Kier molecular flexibility index (Phi) is 3.16. The van der Waals surface area contributed by atoms with Gasteiger partial charge in [0.25, 0.3) is 0 Å². The molecule has 0 spiro atoms. The number of nitrogens with two attached hydrogens (primary N) is 1. The fourth-order valence-electron chi connectivity index (χ4n) is 2.78. The quantitative estimate of drug-likeness (QED) is 0.828. The molecule has 1 aliphatic rings. The molecule has 2 N–H and O–H groups in total. The van der Waals surface area contributed by atoms with Crippen molar-refractivity contribution in [1.29, 1.82) is 0 Å². The Bertz CT molecular complexity index is 590. The lowest BCUT2D eigenvalue weighted by Gasteiger charge is -2.31. The average molecular weight is 252 g/mol. The van der Waals surface area contributed by atoms with Crippen molar-refractivity contribution in [2.75, 3.05) is 17.2 Å². The van der Waals surface area contributed by atoms with E-state index in [0.717, 1.165) is 24.3 Å². The lowest BCUT2D eigenvalue weighted by molar-refractivity contribution is 0.691. The highest BCUT2D eigenvalue weighted by Crippen LogP contribution is 2.28. The molecule has 0 aliphatic carbocycles. The van der Waals surface area contributed by atoms with Gasteiger partial charge in [0.2, 0.25) is 0 Å². The predicted molar refractivity (Wildman–Crippen MR) is 81.4 cm³/mol. The van der Waals surface area contributed by atoms with Crippen LogP contribution in [0, 0.1) is 6.92 Å². The van der Waals surface area contributed by atoms with Gasteiger partial charge in [-0.3, -0.25) is 0 Å². The average Bonchev–Trinajstić information content (AvgIpc) is 2.43. The number of hydrogen-bond acceptors (Lipinski definition) is 2. The molecule has 1 aliphatic heterocycles. The number of nitrogen functional groups attached to an aromatic ring is 1. The minimum Gasteiger partial charge on any atom is -0.399 e. The number of para-hydroxylation sites is 1. The molecule has 0 radical (unpaired) electrons. The maximum atomic E-state index is 6.00. The third kappa shape index (κ3) is 2.43. The van der Waals surface area contributed by atoms with Gasteiger partial charge in [0, 0.05) is 24.5 Å². The van der Waals surface area contributed by atoms with Crippen LogP contribution in [0.5, 0.6) is 0 Å². The van der Waals surface area contributed by atoms with Crippen LogP contribution in [0.4, 0.5) is 11.4 Å². The molecular formula is C17H20N2. The fourth-order valence-corrected chi connectivity index (χ4v) is 2.78. The number of fused-ring (bicyclic) bond motifs is 1. The van der Waals surface area contributed by atoms with Crippen LogP contribution in [0.3, 0.4) is 0 Å². The molecule has 2 nitrogen and oxygen atoms in total. The van der Waals surface area contributed by atoms with Crippen LogP contribution in [0.15, 0.2) is 42.5 Å². The molecule has 19 heavy (non-hydrogen) atoms. The van der Waals surface area contributed by atoms with Crippen LogP contribution in [0.25, 0.3) is 0 Å². The van der Waals surface area contributed by atoms with E-state index in [0.29, 0.717) is 0 Å². The van der Waals surface area contributed by atoms with Crippen LogP contribution in [0.2, 0.25) is 0 Å². The van der Waals surface area contributed by atoms with Crippen LogP contribution in [-0.4, -0.2) is 6.54 Å². The first-order valence-electron chi connectivity index (χ1n) is 6.92. The third-order valence-electron chi connectivity index (χ3n) is 3.92. The zero-order valence-corrected chi connectivity index (χ0v) is 11.4. The first kappa shape index (κ1) is 12.1. The molecule has 0 fully saturated rings. The van der Waals surface area contributed by atoms with E-state index in [9.17, 15) is 0 Å². The minimum absolute atomic E-state index is 0.891. The largest absolute Gasteiger partial charge is 0.399 e. The molecule has 0 aromatic heterocycles. The Morgan fingerprint density at radius 2 is 2.00 bits per heavy atom. The molecule has 2 aromatic carbocycles. The van der Waals surface area contributed by atoms with E-state index in [1.807, 2.05) is 0 Å². The normalized spacial score (nSPS) is 14.3. The topological polar surface area (TPSA) is 29.3 Å². The molecule has 1 heterocycles. The van der Waals surface area contributed by atoms with Gasteiger partial charge in [-0.1, -0.05) is 30.3 Å². The van der Waals surface area contributed by atoms with Gasteiger partial charge in [-0.15, -0.1) is 0 Å². The second-order valence-corrected chi connectivity index (χ2v) is 5.34. The Hall–Kier alpha value is -1.96. The number of benzene rings is 2. The first-order valence-corrected chi connectivity index (χ1v) is 6.92. The molecule has 2 aromatic rings. The van der Waals surface area contributed by atoms with Crippen molar-refractivity contribution < 1.29 is 0 Å². The van der Waals surface area contributed by atoms with E-state index in [1.165, 1.54) is 29.7 Å². The standard InChI is InChI=1S/C17H20N2/c1-13-8-9-14(11-16(13)18)12-19-10-4-6-15-5-2-3-7-17(15)19/h2-3,5,7-9,11H,4,6,10,12,18H2,1H3. The number of nitrogens with zero attached hydrogens (tertiary/aromatic N) is 1. The van der Waals surface area contributed by atoms with Gasteiger partial charge in [-0.05, 0) is 48.6 Å². The predicted octanol–water partition coefficient (Wildman–Crippen LogP) is 3.53. The second kappa shape index (κ2) is 4.96. The van der Waals surface area contributed by atoms with Gasteiger partial charge in [0.15, 0.2) is 0 Å². The van der Waals surface area contributed by atoms with E-state index in [4.69, 9.17) is 5.73 Å². The summed E-state index contributed by atoms with van der Waals surface area (Å²) >= 11 is 0. The summed E-state index contributed by atoms with van der Waals surface area (Å²) < 4.78 is 0. The van der Waals surface area contributed by atoms with E-state index in [2.05, 4.69) is 54.3 Å². The Labute approximate surface area is 114 Å². The minimum atomic E-state index is 0.891. The monoisotopic (exact) mass is 252 g/mol. The molecule has 0 amide bonds. The molecule has 0 saturated heterocycles. The second-order valence-electron chi connectivity index (χ2n) is 5.34. The lowest BCUT2D eigenvalue weighted by atomic mass is 10.0. The molecule has 0 unspecified atom stereocenters.